The first-order valence-corrected chi connectivity index (χ1v) is 11.1. The summed E-state index contributed by atoms with van der Waals surface area (Å²) in [5.41, 5.74) is 5.13. The maximum Gasteiger partial charge on any atom is 0.270 e. The molecular weight excluding hydrogens is 430 g/mol. The Morgan fingerprint density at radius 2 is 1.76 bits per heavy atom. The first-order chi connectivity index (χ1) is 16.4. The van der Waals surface area contributed by atoms with Gasteiger partial charge < -0.3 is 19.2 Å². The van der Waals surface area contributed by atoms with Crippen LogP contribution in [0.15, 0.2) is 59.0 Å². The molecular formula is C27H29N3O4. The van der Waals surface area contributed by atoms with Gasteiger partial charge in [-0.25, -0.2) is 4.68 Å². The molecule has 176 valence electrons. The van der Waals surface area contributed by atoms with Crippen molar-refractivity contribution in [2.24, 2.45) is 0 Å². The zero-order chi connectivity index (χ0) is 24.2. The van der Waals surface area contributed by atoms with Gasteiger partial charge in [0.2, 0.25) is 0 Å². The van der Waals surface area contributed by atoms with Gasteiger partial charge in [0.15, 0.2) is 17.3 Å². The molecule has 0 spiro atoms. The van der Waals surface area contributed by atoms with Crippen LogP contribution in [0.4, 0.5) is 0 Å². The van der Waals surface area contributed by atoms with E-state index in [1.165, 1.54) is 0 Å². The number of hydrogen-bond donors (Lipinski definition) is 1. The van der Waals surface area contributed by atoms with Crippen LogP contribution in [0.2, 0.25) is 0 Å². The number of amides is 1. The predicted octanol–water partition coefficient (Wildman–Crippen LogP) is 5.05. The Balaban J connectivity index is 1.58. The van der Waals surface area contributed by atoms with Crippen molar-refractivity contribution in [1.82, 2.24) is 15.1 Å². The number of ether oxygens (including phenoxy) is 2. The average Bonchev–Trinajstić information content (AvgIpc) is 3.45. The molecule has 7 nitrogen and oxygen atoms in total. The molecule has 2 heterocycles. The minimum absolute atomic E-state index is 0.206. The monoisotopic (exact) mass is 459 g/mol. The molecule has 7 heteroatoms. The van der Waals surface area contributed by atoms with E-state index in [2.05, 4.69) is 11.4 Å². The summed E-state index contributed by atoms with van der Waals surface area (Å²) >= 11 is 0. The van der Waals surface area contributed by atoms with Gasteiger partial charge in [-0.3, -0.25) is 4.79 Å². The standard InChI is InChI=1S/C27H29N3O4/c1-17-6-9-22(18(2)14-17)30-23(16-21(29-30)24-10-7-19(3)34-24)27(31)28-13-12-20-8-11-25(32-4)26(15-20)33-5/h6-11,14-16H,12-13H2,1-5H3,(H,28,31). The molecule has 2 aromatic heterocycles. The van der Waals surface area contributed by atoms with Gasteiger partial charge in [-0.1, -0.05) is 23.8 Å². The largest absolute Gasteiger partial charge is 0.493 e. The van der Waals surface area contributed by atoms with E-state index in [-0.39, 0.29) is 5.91 Å². The summed E-state index contributed by atoms with van der Waals surface area (Å²) in [6.45, 7) is 6.39. The lowest BCUT2D eigenvalue weighted by atomic mass is 10.1. The summed E-state index contributed by atoms with van der Waals surface area (Å²) in [6, 6.07) is 17.3. The van der Waals surface area contributed by atoms with E-state index in [0.717, 1.165) is 28.1 Å². The molecule has 0 aliphatic rings. The highest BCUT2D eigenvalue weighted by Crippen LogP contribution is 2.28. The molecule has 0 fully saturated rings. The number of nitrogens with one attached hydrogen (secondary N) is 1. The number of methoxy groups -OCH3 is 2. The van der Waals surface area contributed by atoms with Gasteiger partial charge in [0.05, 0.1) is 19.9 Å². The lowest BCUT2D eigenvalue weighted by Gasteiger charge is -2.12. The number of furan rings is 1. The Morgan fingerprint density at radius 1 is 0.971 bits per heavy atom. The summed E-state index contributed by atoms with van der Waals surface area (Å²) in [7, 11) is 3.21. The van der Waals surface area contributed by atoms with Crippen molar-refractivity contribution in [2.75, 3.05) is 20.8 Å². The van der Waals surface area contributed by atoms with Crippen molar-refractivity contribution >= 4 is 5.91 Å². The molecule has 0 atom stereocenters. The Labute approximate surface area is 199 Å². The molecule has 2 aromatic carbocycles. The molecule has 4 aromatic rings. The number of hydrogen-bond acceptors (Lipinski definition) is 5. The predicted molar refractivity (Wildman–Crippen MR) is 131 cm³/mol. The second kappa shape index (κ2) is 9.87. The van der Waals surface area contributed by atoms with Crippen molar-refractivity contribution in [3.63, 3.8) is 0 Å². The number of carbonyl (C=O) groups is 1. The van der Waals surface area contributed by atoms with Crippen LogP contribution in [0.25, 0.3) is 17.1 Å². The fourth-order valence-corrected chi connectivity index (χ4v) is 3.91. The van der Waals surface area contributed by atoms with Gasteiger partial charge in [0.25, 0.3) is 5.91 Å². The minimum Gasteiger partial charge on any atom is -0.493 e. The zero-order valence-electron chi connectivity index (χ0n) is 20.1. The van der Waals surface area contributed by atoms with E-state index < -0.39 is 0 Å². The van der Waals surface area contributed by atoms with Crippen molar-refractivity contribution in [3.8, 4) is 28.6 Å². The van der Waals surface area contributed by atoms with Crippen molar-refractivity contribution in [1.29, 1.82) is 0 Å². The molecule has 0 aliphatic heterocycles. The number of aryl methyl sites for hydroxylation is 3. The first kappa shape index (κ1) is 23.2. The van der Waals surface area contributed by atoms with Gasteiger partial charge in [0.1, 0.15) is 17.1 Å². The molecule has 4 rings (SSSR count). The molecule has 0 unspecified atom stereocenters. The maximum atomic E-state index is 13.2. The smallest absolute Gasteiger partial charge is 0.270 e. The lowest BCUT2D eigenvalue weighted by molar-refractivity contribution is 0.0946. The molecule has 0 aliphatic carbocycles. The third kappa shape index (κ3) is 4.83. The maximum absolute atomic E-state index is 13.2. The third-order valence-electron chi connectivity index (χ3n) is 5.66. The Hall–Kier alpha value is -4.00. The molecule has 1 amide bonds. The van der Waals surface area contributed by atoms with Crippen molar-refractivity contribution < 1.29 is 18.7 Å². The highest BCUT2D eigenvalue weighted by Gasteiger charge is 2.20. The fraction of sp³-hybridized carbons (Fsp3) is 0.259. The van der Waals surface area contributed by atoms with E-state index in [1.807, 2.05) is 63.2 Å². The number of aromatic nitrogens is 2. The van der Waals surface area contributed by atoms with Gasteiger partial charge in [0, 0.05) is 12.6 Å². The van der Waals surface area contributed by atoms with Crippen LogP contribution in [-0.4, -0.2) is 36.5 Å². The molecule has 0 bridgehead atoms. The summed E-state index contributed by atoms with van der Waals surface area (Å²) in [5, 5.41) is 7.74. The highest BCUT2D eigenvalue weighted by molar-refractivity contribution is 5.94. The van der Waals surface area contributed by atoms with Crippen LogP contribution in [0.5, 0.6) is 11.5 Å². The van der Waals surface area contributed by atoms with Crippen LogP contribution < -0.4 is 14.8 Å². The van der Waals surface area contributed by atoms with Gasteiger partial charge in [-0.05, 0) is 68.7 Å². The topological polar surface area (TPSA) is 78.5 Å². The highest BCUT2D eigenvalue weighted by atomic mass is 16.5. The Bertz CT molecular complexity index is 1320. The lowest BCUT2D eigenvalue weighted by Crippen LogP contribution is -2.28. The van der Waals surface area contributed by atoms with Crippen LogP contribution >= 0.6 is 0 Å². The van der Waals surface area contributed by atoms with Gasteiger partial charge >= 0.3 is 0 Å². The second-order valence-corrected chi connectivity index (χ2v) is 8.22. The van der Waals surface area contributed by atoms with E-state index in [9.17, 15) is 4.79 Å². The van der Waals surface area contributed by atoms with E-state index in [4.69, 9.17) is 19.0 Å². The Morgan fingerprint density at radius 3 is 2.44 bits per heavy atom. The molecule has 34 heavy (non-hydrogen) atoms. The molecule has 0 saturated heterocycles. The summed E-state index contributed by atoms with van der Waals surface area (Å²) in [6.07, 6.45) is 0.647. The second-order valence-electron chi connectivity index (χ2n) is 8.22. The molecule has 0 saturated carbocycles. The van der Waals surface area contributed by atoms with Gasteiger partial charge in [-0.15, -0.1) is 0 Å². The minimum atomic E-state index is -0.206. The van der Waals surface area contributed by atoms with Crippen LogP contribution in [0, 0.1) is 20.8 Å². The summed E-state index contributed by atoms with van der Waals surface area (Å²) in [4.78, 5) is 13.2. The fourth-order valence-electron chi connectivity index (χ4n) is 3.91. The van der Waals surface area contributed by atoms with Crippen molar-refractivity contribution in [2.45, 2.75) is 27.2 Å². The first-order valence-electron chi connectivity index (χ1n) is 11.1. The van der Waals surface area contributed by atoms with Gasteiger partial charge in [-0.2, -0.15) is 5.10 Å². The van der Waals surface area contributed by atoms with E-state index in [1.54, 1.807) is 25.0 Å². The SMILES string of the molecule is COc1ccc(CCNC(=O)c2cc(-c3ccc(C)o3)nn2-c2ccc(C)cc2C)cc1OC. The molecule has 1 N–H and O–H groups in total. The van der Waals surface area contributed by atoms with Crippen LogP contribution in [0.3, 0.4) is 0 Å². The zero-order valence-corrected chi connectivity index (χ0v) is 20.1. The Kier molecular flexibility index (Phi) is 6.72. The number of rotatable bonds is 8. The third-order valence-corrected chi connectivity index (χ3v) is 5.66. The van der Waals surface area contributed by atoms with E-state index in [0.29, 0.717) is 41.6 Å². The molecule has 0 radical (unpaired) electrons. The van der Waals surface area contributed by atoms with E-state index >= 15 is 0 Å². The van der Waals surface area contributed by atoms with Crippen LogP contribution in [-0.2, 0) is 6.42 Å². The quantitative estimate of drug-likeness (QED) is 0.399. The number of nitrogens with zero attached hydrogens (tertiary/aromatic N) is 2. The van der Waals surface area contributed by atoms with Crippen LogP contribution in [0.1, 0.15) is 32.9 Å². The number of carbonyl (C=O) groups excluding carboxylic acids is 1. The summed E-state index contributed by atoms with van der Waals surface area (Å²) in [5.74, 6) is 2.55. The number of benzene rings is 2. The van der Waals surface area contributed by atoms with Crippen molar-refractivity contribution in [3.05, 3.63) is 82.7 Å². The summed E-state index contributed by atoms with van der Waals surface area (Å²) < 4.78 is 18.1. The average molecular weight is 460 g/mol. The normalized spacial score (nSPS) is 10.9.